The van der Waals surface area contributed by atoms with Gasteiger partial charge in [-0.2, -0.15) is 0 Å². The lowest BCUT2D eigenvalue weighted by Gasteiger charge is -2.34. The predicted octanol–water partition coefficient (Wildman–Crippen LogP) is 2.55. The molecule has 2 saturated carbocycles. The van der Waals surface area contributed by atoms with Crippen LogP contribution in [0.5, 0.6) is 0 Å². The normalized spacial score (nSPS) is 46.4. The van der Waals surface area contributed by atoms with Gasteiger partial charge >= 0.3 is 0 Å². The molecule has 1 nitrogen and oxygen atoms in total. The van der Waals surface area contributed by atoms with E-state index in [4.69, 9.17) is 1.37 Å². The summed E-state index contributed by atoms with van der Waals surface area (Å²) in [6.07, 6.45) is 6.86. The van der Waals surface area contributed by atoms with Gasteiger partial charge in [0.2, 0.25) is 0 Å². The van der Waals surface area contributed by atoms with E-state index in [1.807, 2.05) is 0 Å². The maximum Gasteiger partial charge on any atom is 0.133 e. The van der Waals surface area contributed by atoms with Crippen LogP contribution in [0.25, 0.3) is 0 Å². The Hall–Kier alpha value is -0.330. The molecule has 2 atom stereocenters. The van der Waals surface area contributed by atoms with E-state index in [0.717, 1.165) is 25.7 Å². The Labute approximate surface area is 69.6 Å². The third-order valence-corrected chi connectivity index (χ3v) is 3.07. The van der Waals surface area contributed by atoms with E-state index in [-0.39, 0.29) is 5.89 Å². The first-order chi connectivity index (χ1) is 5.71. The Morgan fingerprint density at radius 3 is 3.00 bits per heavy atom. The van der Waals surface area contributed by atoms with Gasteiger partial charge in [-0.3, -0.25) is 4.79 Å². The van der Waals surface area contributed by atoms with E-state index in [1.165, 1.54) is 12.8 Å². The second-order valence-electron chi connectivity index (χ2n) is 3.86. The lowest BCUT2D eigenvalue weighted by Crippen LogP contribution is -2.27. The monoisotopic (exact) mass is 153 g/mol. The van der Waals surface area contributed by atoms with Crippen LogP contribution in [0.15, 0.2) is 0 Å². The van der Waals surface area contributed by atoms with Crippen LogP contribution in [-0.4, -0.2) is 5.78 Å². The van der Waals surface area contributed by atoms with Gasteiger partial charge in [-0.15, -0.1) is 0 Å². The fourth-order valence-corrected chi connectivity index (χ4v) is 2.41. The zero-order valence-corrected chi connectivity index (χ0v) is 6.94. The Kier molecular flexibility index (Phi) is 1.67. The zero-order valence-electron chi connectivity index (χ0n) is 7.94. The van der Waals surface area contributed by atoms with E-state index >= 15 is 0 Å². The van der Waals surface area contributed by atoms with Gasteiger partial charge in [-0.05, 0) is 24.7 Å². The Bertz CT molecular complexity index is 202. The van der Waals surface area contributed by atoms with E-state index in [0.29, 0.717) is 18.1 Å². The third kappa shape index (κ3) is 1.47. The maximum absolute atomic E-state index is 11.2. The van der Waals surface area contributed by atoms with Gasteiger partial charge in [0, 0.05) is 14.2 Å². The number of fused-ring (bicyclic) bond motifs is 1. The molecule has 0 bridgehead atoms. The van der Waals surface area contributed by atoms with Crippen molar-refractivity contribution in [2.24, 2.45) is 11.8 Å². The van der Waals surface area contributed by atoms with Crippen LogP contribution in [0.3, 0.4) is 0 Å². The number of carbonyl (C=O) groups is 1. The molecule has 0 spiro atoms. The summed E-state index contributed by atoms with van der Waals surface area (Å²) in [7, 11) is 0. The Morgan fingerprint density at radius 2 is 2.09 bits per heavy atom. The molecule has 0 amide bonds. The fourth-order valence-electron chi connectivity index (χ4n) is 2.41. The lowest BCUT2D eigenvalue weighted by atomic mass is 9.71. The summed E-state index contributed by atoms with van der Waals surface area (Å²) in [5.41, 5.74) is 0. The summed E-state index contributed by atoms with van der Waals surface area (Å²) in [6.45, 7) is 0. The highest BCUT2D eigenvalue weighted by molar-refractivity contribution is 5.79. The van der Waals surface area contributed by atoms with Crippen molar-refractivity contribution < 1.29 is 6.17 Å². The molecular formula is C10H16O. The molecule has 0 saturated heterocycles. The highest BCUT2D eigenvalue weighted by Gasteiger charge is 2.30. The molecule has 0 radical (unpaired) electrons. The van der Waals surface area contributed by atoms with Crippen molar-refractivity contribution in [3.63, 3.8) is 0 Å². The minimum atomic E-state index is -0.354. The first-order valence-corrected chi connectivity index (χ1v) is 4.72. The van der Waals surface area contributed by atoms with E-state index < -0.39 is 0 Å². The number of Topliss-reactive ketones (excluding diaryl/α,β-unsaturated/α-hetero) is 1. The Balaban J connectivity index is 2.12. The molecular weight excluding hydrogens is 136 g/mol. The highest BCUT2D eigenvalue weighted by Crippen LogP contribution is 2.38. The number of carbonyl (C=O) groups excluding carboxylic acids is 1. The van der Waals surface area contributed by atoms with Gasteiger partial charge in [0.15, 0.2) is 0 Å². The molecule has 0 heterocycles. The largest absolute Gasteiger partial charge is 0.300 e. The molecule has 1 heteroatoms. The highest BCUT2D eigenvalue weighted by atomic mass is 16.1. The standard InChI is InChI=1S/C10H16O/c11-10-6-5-8-3-1-2-4-9(8)7-10/h8-9H,1-7H2/t8-,9+/m1/s1/i9D. The maximum atomic E-state index is 11.2. The first-order valence-electron chi connectivity index (χ1n) is 5.22. The topological polar surface area (TPSA) is 17.1 Å². The molecule has 0 aliphatic heterocycles. The fraction of sp³-hybridized carbons (Fsp3) is 0.900. The van der Waals surface area contributed by atoms with Gasteiger partial charge in [-0.1, -0.05) is 19.3 Å². The van der Waals surface area contributed by atoms with Crippen LogP contribution < -0.4 is 0 Å². The van der Waals surface area contributed by atoms with Gasteiger partial charge < -0.3 is 0 Å². The molecule has 2 aliphatic rings. The van der Waals surface area contributed by atoms with Crippen LogP contribution in [0.4, 0.5) is 0 Å². The summed E-state index contributed by atoms with van der Waals surface area (Å²) < 4.78 is 8.19. The van der Waals surface area contributed by atoms with E-state index in [9.17, 15) is 4.79 Å². The molecule has 0 aromatic carbocycles. The van der Waals surface area contributed by atoms with E-state index in [1.54, 1.807) is 0 Å². The van der Waals surface area contributed by atoms with Crippen LogP contribution in [-0.2, 0) is 4.79 Å². The van der Waals surface area contributed by atoms with Crippen LogP contribution in [0.1, 0.15) is 46.3 Å². The quantitative estimate of drug-likeness (QED) is 0.522. The smallest absolute Gasteiger partial charge is 0.133 e. The van der Waals surface area contributed by atoms with Crippen molar-refractivity contribution in [2.75, 3.05) is 0 Å². The summed E-state index contributed by atoms with van der Waals surface area (Å²) >= 11 is 0. The van der Waals surface area contributed by atoms with Crippen molar-refractivity contribution in [2.45, 2.75) is 44.9 Å². The Morgan fingerprint density at radius 1 is 1.27 bits per heavy atom. The summed E-state index contributed by atoms with van der Waals surface area (Å²) in [4.78, 5) is 11.2. The van der Waals surface area contributed by atoms with Gasteiger partial charge in [0.05, 0.1) is 0 Å². The molecule has 0 aromatic rings. The SMILES string of the molecule is [2H][C@@]12CCCC[C@@H]1CCC(=O)C2. The van der Waals surface area contributed by atoms with Gasteiger partial charge in [-0.25, -0.2) is 0 Å². The summed E-state index contributed by atoms with van der Waals surface area (Å²) in [5.74, 6) is 0.500. The minimum Gasteiger partial charge on any atom is -0.300 e. The number of ketones is 1. The van der Waals surface area contributed by atoms with Crippen molar-refractivity contribution in [1.82, 2.24) is 0 Å². The molecule has 0 N–H and O–H groups in total. The van der Waals surface area contributed by atoms with E-state index in [2.05, 4.69) is 0 Å². The van der Waals surface area contributed by atoms with Crippen molar-refractivity contribution in [3.05, 3.63) is 0 Å². The van der Waals surface area contributed by atoms with Crippen LogP contribution >= 0.6 is 0 Å². The number of hydrogen-bond acceptors (Lipinski definition) is 1. The second-order valence-corrected chi connectivity index (χ2v) is 3.86. The molecule has 0 aromatic heterocycles. The molecule has 0 unspecified atom stereocenters. The van der Waals surface area contributed by atoms with Crippen molar-refractivity contribution in [1.29, 1.82) is 0 Å². The number of rotatable bonds is 0. The van der Waals surface area contributed by atoms with Crippen molar-refractivity contribution in [3.8, 4) is 0 Å². The number of hydrogen-bond donors (Lipinski definition) is 0. The molecule has 2 fully saturated rings. The van der Waals surface area contributed by atoms with Crippen LogP contribution in [0, 0.1) is 11.8 Å². The predicted molar refractivity (Wildman–Crippen MR) is 44.3 cm³/mol. The van der Waals surface area contributed by atoms with Gasteiger partial charge in [0.1, 0.15) is 5.78 Å². The molecule has 2 aliphatic carbocycles. The van der Waals surface area contributed by atoms with Crippen LogP contribution in [0.2, 0.25) is 0 Å². The molecule has 62 valence electrons. The first kappa shape index (κ1) is 6.22. The zero-order chi connectivity index (χ0) is 8.60. The van der Waals surface area contributed by atoms with Gasteiger partial charge in [0.25, 0.3) is 0 Å². The average molecular weight is 153 g/mol. The third-order valence-electron chi connectivity index (χ3n) is 3.07. The summed E-state index contributed by atoms with van der Waals surface area (Å²) in [6, 6.07) is 0. The average Bonchev–Trinajstić information content (AvgIpc) is 2.02. The second kappa shape index (κ2) is 2.96. The minimum absolute atomic E-state index is 0.322. The van der Waals surface area contributed by atoms with Crippen molar-refractivity contribution >= 4 is 5.78 Å². The summed E-state index contributed by atoms with van der Waals surface area (Å²) in [5, 5.41) is 0. The molecule has 11 heavy (non-hydrogen) atoms. The lowest BCUT2D eigenvalue weighted by molar-refractivity contribution is -0.123. The molecule has 2 rings (SSSR count).